The molecule has 3 aromatic carbocycles. The molecule has 1 aromatic heterocycles. The molecule has 5 rings (SSSR count). The van der Waals surface area contributed by atoms with Gasteiger partial charge >= 0.3 is 0 Å². The molecule has 4 N–H and O–H groups in total. The molecule has 0 radical (unpaired) electrons. The zero-order chi connectivity index (χ0) is 33.5. The summed E-state index contributed by atoms with van der Waals surface area (Å²) in [4.78, 5) is 46.7. The summed E-state index contributed by atoms with van der Waals surface area (Å²) < 4.78 is 17.1. The van der Waals surface area contributed by atoms with Crippen molar-refractivity contribution in [1.29, 1.82) is 0 Å². The number of rotatable bonds is 13. The van der Waals surface area contributed by atoms with Crippen molar-refractivity contribution in [3.05, 3.63) is 75.7 Å². The summed E-state index contributed by atoms with van der Waals surface area (Å²) in [5, 5.41) is 9.09. The van der Waals surface area contributed by atoms with E-state index in [9.17, 15) is 14.4 Å². The molecule has 0 saturated carbocycles. The summed E-state index contributed by atoms with van der Waals surface area (Å²) in [6.07, 6.45) is 4.74. The van der Waals surface area contributed by atoms with Gasteiger partial charge in [-0.15, -0.1) is 0 Å². The molecule has 0 spiro atoms. The fourth-order valence-electron chi connectivity index (χ4n) is 6.21. The summed E-state index contributed by atoms with van der Waals surface area (Å²) in [5.74, 6) is 2.01. The maximum atomic E-state index is 13.6. The van der Waals surface area contributed by atoms with E-state index in [-0.39, 0.29) is 22.9 Å². The van der Waals surface area contributed by atoms with E-state index in [0.717, 1.165) is 59.2 Å². The van der Waals surface area contributed by atoms with Gasteiger partial charge in [0.15, 0.2) is 11.5 Å². The molecular weight excluding hydrogens is 598 g/mol. The van der Waals surface area contributed by atoms with E-state index in [1.807, 2.05) is 36.4 Å². The Balaban J connectivity index is 1.29. The number of aryl methyl sites for hydroxylation is 2. The first-order valence-electron chi connectivity index (χ1n) is 16.0. The number of carbonyl (C=O) groups excluding carboxylic acids is 2. The minimum atomic E-state index is -0.655. The molecule has 0 saturated heterocycles. The minimum absolute atomic E-state index is 0.199. The van der Waals surface area contributed by atoms with Crippen LogP contribution in [-0.4, -0.2) is 55.7 Å². The number of unbranched alkanes of at least 4 members (excludes halogenated alkanes) is 2. The Kier molecular flexibility index (Phi) is 10.6. The maximum Gasteiger partial charge on any atom is 0.242 e. The van der Waals surface area contributed by atoms with Crippen molar-refractivity contribution in [2.45, 2.75) is 64.5 Å². The van der Waals surface area contributed by atoms with Gasteiger partial charge in [0.05, 0.1) is 44.1 Å². The van der Waals surface area contributed by atoms with Crippen LogP contribution in [0.2, 0.25) is 0 Å². The second-order valence-electron chi connectivity index (χ2n) is 11.8. The van der Waals surface area contributed by atoms with Crippen LogP contribution >= 0.6 is 0 Å². The number of fused-ring (bicyclic) bond motifs is 4. The summed E-state index contributed by atoms with van der Waals surface area (Å²) in [7, 11) is 4.67. The fourth-order valence-corrected chi connectivity index (χ4v) is 6.21. The normalized spacial score (nSPS) is 14.3. The number of hydrogen-bond acceptors (Lipinski definition) is 8. The number of aromatic amines is 1. The maximum absolute atomic E-state index is 13.6. The first-order valence-corrected chi connectivity index (χ1v) is 16.0. The van der Waals surface area contributed by atoms with Gasteiger partial charge in [-0.25, -0.2) is 4.98 Å². The topological polar surface area (TPSA) is 144 Å². The molecule has 2 atom stereocenters. The third kappa shape index (κ3) is 7.51. The lowest BCUT2D eigenvalue weighted by Crippen LogP contribution is -2.38. The van der Waals surface area contributed by atoms with Crippen LogP contribution in [0.3, 0.4) is 0 Å². The zero-order valence-electron chi connectivity index (χ0n) is 27.6. The number of anilines is 1. The molecular formula is C36H43N5O6. The van der Waals surface area contributed by atoms with Gasteiger partial charge in [0.2, 0.25) is 23.0 Å². The number of aromatic nitrogens is 2. The van der Waals surface area contributed by atoms with Gasteiger partial charge in [0, 0.05) is 25.5 Å². The second kappa shape index (κ2) is 15.0. The summed E-state index contributed by atoms with van der Waals surface area (Å²) in [6.45, 7) is 3.72. The molecule has 0 fully saturated rings. The third-order valence-corrected chi connectivity index (χ3v) is 8.51. The number of para-hydroxylation sites is 2. The quantitative estimate of drug-likeness (QED) is 0.148. The van der Waals surface area contributed by atoms with Gasteiger partial charge in [-0.3, -0.25) is 14.4 Å². The number of benzene rings is 2. The number of H-pyrrole nitrogens is 1. The summed E-state index contributed by atoms with van der Waals surface area (Å²) >= 11 is 0. The highest BCUT2D eigenvalue weighted by molar-refractivity contribution is 5.85. The largest absolute Gasteiger partial charge is 0.493 e. The molecule has 248 valence electrons. The summed E-state index contributed by atoms with van der Waals surface area (Å²) in [6, 6.07) is 13.9. The lowest BCUT2D eigenvalue weighted by Gasteiger charge is -2.19. The predicted octanol–water partition coefficient (Wildman–Crippen LogP) is 5.07. The van der Waals surface area contributed by atoms with Gasteiger partial charge in [-0.2, -0.15) is 0 Å². The van der Waals surface area contributed by atoms with E-state index >= 15 is 0 Å². The monoisotopic (exact) mass is 641 g/mol. The average Bonchev–Trinajstić information content (AvgIpc) is 3.34. The van der Waals surface area contributed by atoms with Crippen molar-refractivity contribution in [3.63, 3.8) is 0 Å². The molecule has 0 aliphatic heterocycles. The lowest BCUT2D eigenvalue weighted by atomic mass is 9.95. The van der Waals surface area contributed by atoms with E-state index in [1.54, 1.807) is 34.3 Å². The van der Waals surface area contributed by atoms with Gasteiger partial charge < -0.3 is 35.1 Å². The number of carbonyl (C=O) groups is 2. The summed E-state index contributed by atoms with van der Waals surface area (Å²) in [5.41, 5.74) is 5.06. The molecule has 47 heavy (non-hydrogen) atoms. The van der Waals surface area contributed by atoms with E-state index in [2.05, 4.69) is 25.9 Å². The minimum Gasteiger partial charge on any atom is -0.493 e. The molecule has 1 aliphatic rings. The van der Waals surface area contributed by atoms with Crippen molar-refractivity contribution in [3.8, 4) is 28.4 Å². The number of methoxy groups -OCH3 is 3. The smallest absolute Gasteiger partial charge is 0.242 e. The Morgan fingerprint density at radius 3 is 2.51 bits per heavy atom. The zero-order valence-corrected chi connectivity index (χ0v) is 27.6. The van der Waals surface area contributed by atoms with E-state index < -0.39 is 12.1 Å². The number of nitrogens with zero attached hydrogens (tertiary/aromatic N) is 1. The molecule has 0 bridgehead atoms. The number of hydrogen-bond donors (Lipinski definition) is 4. The Bertz CT molecular complexity index is 1790. The van der Waals surface area contributed by atoms with E-state index in [4.69, 9.17) is 14.2 Å². The van der Waals surface area contributed by atoms with Crippen LogP contribution < -0.4 is 35.6 Å². The van der Waals surface area contributed by atoms with E-state index in [1.165, 1.54) is 13.0 Å². The van der Waals surface area contributed by atoms with E-state index in [0.29, 0.717) is 42.2 Å². The van der Waals surface area contributed by atoms with Crippen LogP contribution in [0.5, 0.6) is 17.2 Å². The number of imidazole rings is 1. The lowest BCUT2D eigenvalue weighted by molar-refractivity contribution is -0.121. The number of nitrogens with one attached hydrogen (secondary N) is 4. The highest BCUT2D eigenvalue weighted by atomic mass is 16.5. The molecule has 2 amide bonds. The van der Waals surface area contributed by atoms with Gasteiger partial charge in [-0.05, 0) is 79.6 Å². The highest BCUT2D eigenvalue weighted by Gasteiger charge is 2.29. The molecule has 11 heteroatoms. The van der Waals surface area contributed by atoms with Crippen LogP contribution in [0.1, 0.15) is 62.5 Å². The third-order valence-electron chi connectivity index (χ3n) is 8.51. The van der Waals surface area contributed by atoms with Gasteiger partial charge in [0.1, 0.15) is 11.9 Å². The Morgan fingerprint density at radius 1 is 1.00 bits per heavy atom. The van der Waals surface area contributed by atoms with Crippen molar-refractivity contribution in [2.75, 3.05) is 33.2 Å². The molecule has 11 nitrogen and oxygen atoms in total. The molecule has 4 aromatic rings. The van der Waals surface area contributed by atoms with Gasteiger partial charge in [-0.1, -0.05) is 24.6 Å². The van der Waals surface area contributed by atoms with Gasteiger partial charge in [0.25, 0.3) is 0 Å². The van der Waals surface area contributed by atoms with Crippen molar-refractivity contribution < 1.29 is 23.8 Å². The van der Waals surface area contributed by atoms with Crippen LogP contribution in [-0.2, 0) is 22.4 Å². The number of amides is 2. The standard InChI is InChI=1S/C36H43N5O6/c1-21(36(44)37-18-10-6-7-13-32-40-27-11-8-9-12-28(27)41-32)38-29-17-15-24-25(20-30(29)43)26(39-22(2)42)16-14-23-19-31(45-3)34(46-4)35(47-5)33(23)24/h8-9,11-12,15,17,19-21,26H,6-7,10,13-14,16,18H2,1-5H3,(H,37,44)(H,38,43)(H,39,42)(H,40,41)/t21-,26-/m0/s1. The predicted molar refractivity (Wildman–Crippen MR) is 182 cm³/mol. The van der Waals surface area contributed by atoms with Crippen LogP contribution in [0.15, 0.2) is 53.3 Å². The molecule has 1 heterocycles. The molecule has 1 aliphatic carbocycles. The number of ether oxygens (including phenoxy) is 3. The van der Waals surface area contributed by atoms with Crippen LogP contribution in [0, 0.1) is 0 Å². The van der Waals surface area contributed by atoms with Crippen molar-refractivity contribution >= 4 is 28.5 Å². The average molecular weight is 642 g/mol. The van der Waals surface area contributed by atoms with Crippen LogP contribution in [0.25, 0.3) is 22.2 Å². The Labute approximate surface area is 274 Å². The first kappa shape index (κ1) is 33.3. The SMILES string of the molecule is COc1cc2c(c(OC)c1OC)-c1ccc(N[C@@H](C)C(=O)NCCCCCc3nc4ccccc4[nH]3)c(=O)cc1[C@@H](NC(C)=O)CC2. The fraction of sp³-hybridized carbons (Fsp3) is 0.389. The first-order chi connectivity index (χ1) is 22.7. The Morgan fingerprint density at radius 2 is 1.79 bits per heavy atom. The Hall–Kier alpha value is -5.06. The highest BCUT2D eigenvalue weighted by Crippen LogP contribution is 2.50. The van der Waals surface area contributed by atoms with Crippen LogP contribution in [0.4, 0.5) is 5.69 Å². The van der Waals surface area contributed by atoms with Crippen molar-refractivity contribution in [2.24, 2.45) is 0 Å². The molecule has 0 unspecified atom stereocenters. The van der Waals surface area contributed by atoms with Crippen molar-refractivity contribution in [1.82, 2.24) is 20.6 Å². The second-order valence-corrected chi connectivity index (χ2v) is 11.8.